The molecule has 59 heavy (non-hydrogen) atoms. The Labute approximate surface area is 342 Å². The van der Waals surface area contributed by atoms with E-state index in [9.17, 15) is 0 Å². The van der Waals surface area contributed by atoms with Gasteiger partial charge >= 0.3 is 0 Å². The molecule has 11 aromatic rings. The van der Waals surface area contributed by atoms with E-state index in [1.807, 2.05) is 18.5 Å². The zero-order chi connectivity index (χ0) is 38.9. The third-order valence-electron chi connectivity index (χ3n) is 12.2. The summed E-state index contributed by atoms with van der Waals surface area (Å²) < 4.78 is 0. The summed E-state index contributed by atoms with van der Waals surface area (Å²) in [6.45, 7) is 0. The van der Waals surface area contributed by atoms with Gasteiger partial charge in [-0.05, 0) is 124 Å². The molecule has 0 radical (unpaired) electrons. The monoisotopic (exact) mass is 748 g/mol. The topological polar surface area (TPSA) is 16.1 Å². The average Bonchev–Trinajstić information content (AvgIpc) is 3.64. The summed E-state index contributed by atoms with van der Waals surface area (Å²) in [5, 5.41) is 9.97. The molecule has 0 saturated heterocycles. The van der Waals surface area contributed by atoms with Crippen LogP contribution >= 0.6 is 0 Å². The SMILES string of the molecule is c1ccc(-c2c3c(c(-c4ccccc4)c4ccccc24)-c2ccc(-c4cccc(N(c5cccnc5)c5cc6ccccc6c6ccccc56)c4)c4cccc-3c24)cc1. The third kappa shape index (κ3) is 5.17. The van der Waals surface area contributed by atoms with E-state index in [-0.39, 0.29) is 0 Å². The Morgan fingerprint density at radius 3 is 1.56 bits per heavy atom. The number of anilines is 3. The summed E-state index contributed by atoms with van der Waals surface area (Å²) in [5.41, 5.74) is 15.8. The quantitative estimate of drug-likeness (QED) is 0.157. The summed E-state index contributed by atoms with van der Waals surface area (Å²) in [7, 11) is 0. The maximum Gasteiger partial charge on any atom is 0.0645 e. The van der Waals surface area contributed by atoms with E-state index in [4.69, 9.17) is 0 Å². The number of pyridine rings is 1. The Morgan fingerprint density at radius 2 is 0.864 bits per heavy atom. The maximum atomic E-state index is 4.60. The Morgan fingerprint density at radius 1 is 0.322 bits per heavy atom. The number of rotatable bonds is 6. The van der Waals surface area contributed by atoms with E-state index in [1.165, 1.54) is 93.2 Å². The number of hydrogen-bond donors (Lipinski definition) is 0. The molecule has 1 aliphatic rings. The van der Waals surface area contributed by atoms with Crippen LogP contribution in [0, 0.1) is 0 Å². The van der Waals surface area contributed by atoms with Crippen molar-refractivity contribution in [2.45, 2.75) is 0 Å². The molecule has 12 rings (SSSR count). The lowest BCUT2D eigenvalue weighted by atomic mass is 9.82. The Bertz CT molecular complexity index is 3330. The molecule has 10 aromatic carbocycles. The summed E-state index contributed by atoms with van der Waals surface area (Å²) in [6, 6.07) is 75.4. The second kappa shape index (κ2) is 13.4. The molecule has 0 fully saturated rings. The first-order valence-electron chi connectivity index (χ1n) is 20.3. The first-order chi connectivity index (χ1) is 29.3. The zero-order valence-electron chi connectivity index (χ0n) is 32.2. The van der Waals surface area contributed by atoms with Gasteiger partial charge in [0.05, 0.1) is 17.6 Å². The molecule has 0 spiro atoms. The van der Waals surface area contributed by atoms with Gasteiger partial charge in [-0.2, -0.15) is 0 Å². The van der Waals surface area contributed by atoms with Crippen molar-refractivity contribution in [1.29, 1.82) is 0 Å². The lowest BCUT2D eigenvalue weighted by Crippen LogP contribution is -2.11. The van der Waals surface area contributed by atoms with E-state index in [2.05, 4.69) is 210 Å². The molecule has 1 heterocycles. The van der Waals surface area contributed by atoms with E-state index >= 15 is 0 Å². The first-order valence-corrected chi connectivity index (χ1v) is 20.3. The van der Waals surface area contributed by atoms with Gasteiger partial charge < -0.3 is 4.90 Å². The molecular weight excluding hydrogens is 713 g/mol. The molecule has 2 nitrogen and oxygen atoms in total. The van der Waals surface area contributed by atoms with Gasteiger partial charge in [0.1, 0.15) is 0 Å². The van der Waals surface area contributed by atoms with Crippen LogP contribution in [0.4, 0.5) is 17.1 Å². The van der Waals surface area contributed by atoms with Gasteiger partial charge in [0.2, 0.25) is 0 Å². The molecule has 2 heteroatoms. The van der Waals surface area contributed by atoms with Crippen molar-refractivity contribution in [3.63, 3.8) is 0 Å². The van der Waals surface area contributed by atoms with Crippen molar-refractivity contribution in [2.75, 3.05) is 4.90 Å². The van der Waals surface area contributed by atoms with E-state index in [0.717, 1.165) is 22.6 Å². The molecule has 1 aromatic heterocycles. The highest BCUT2D eigenvalue weighted by atomic mass is 15.1. The molecule has 0 unspecified atom stereocenters. The maximum absolute atomic E-state index is 4.60. The summed E-state index contributed by atoms with van der Waals surface area (Å²) in [5.74, 6) is 0. The van der Waals surface area contributed by atoms with Crippen LogP contribution in [0.5, 0.6) is 0 Å². The molecule has 0 N–H and O–H groups in total. The van der Waals surface area contributed by atoms with Crippen LogP contribution in [0.3, 0.4) is 0 Å². The summed E-state index contributed by atoms with van der Waals surface area (Å²) in [4.78, 5) is 6.97. The van der Waals surface area contributed by atoms with Crippen molar-refractivity contribution in [3.8, 4) is 55.6 Å². The predicted octanol–water partition coefficient (Wildman–Crippen LogP) is 15.8. The number of benzene rings is 10. The lowest BCUT2D eigenvalue weighted by molar-refractivity contribution is 1.24. The smallest absolute Gasteiger partial charge is 0.0645 e. The molecule has 1 aliphatic carbocycles. The van der Waals surface area contributed by atoms with Crippen molar-refractivity contribution in [3.05, 3.63) is 219 Å². The molecule has 0 saturated carbocycles. The van der Waals surface area contributed by atoms with Gasteiger partial charge in [0.25, 0.3) is 0 Å². The van der Waals surface area contributed by atoms with Gasteiger partial charge in [0.15, 0.2) is 0 Å². The highest BCUT2D eigenvalue weighted by Gasteiger charge is 2.31. The van der Waals surface area contributed by atoms with Crippen LogP contribution in [0.1, 0.15) is 0 Å². The van der Waals surface area contributed by atoms with Crippen molar-refractivity contribution in [1.82, 2.24) is 4.98 Å². The van der Waals surface area contributed by atoms with Crippen LogP contribution in [-0.4, -0.2) is 4.98 Å². The highest BCUT2D eigenvalue weighted by Crippen LogP contribution is 2.58. The highest BCUT2D eigenvalue weighted by molar-refractivity contribution is 6.29. The van der Waals surface area contributed by atoms with Crippen LogP contribution in [-0.2, 0) is 0 Å². The largest absolute Gasteiger partial charge is 0.308 e. The lowest BCUT2D eigenvalue weighted by Gasteiger charge is -2.27. The van der Waals surface area contributed by atoms with E-state index in [0.29, 0.717) is 0 Å². The van der Waals surface area contributed by atoms with E-state index in [1.54, 1.807) is 0 Å². The Kier molecular flexibility index (Phi) is 7.57. The second-order valence-electron chi connectivity index (χ2n) is 15.4. The number of fused-ring (bicyclic) bond motifs is 7. The Hall–Kier alpha value is -7.81. The van der Waals surface area contributed by atoms with Gasteiger partial charge in [-0.3, -0.25) is 4.98 Å². The fraction of sp³-hybridized carbons (Fsp3) is 0. The number of aromatic nitrogens is 1. The fourth-order valence-electron chi connectivity index (χ4n) is 9.81. The predicted molar refractivity (Wildman–Crippen MR) is 250 cm³/mol. The molecule has 0 aliphatic heterocycles. The van der Waals surface area contributed by atoms with Crippen molar-refractivity contribution < 1.29 is 0 Å². The minimum atomic E-state index is 1.01. The second-order valence-corrected chi connectivity index (χ2v) is 15.4. The van der Waals surface area contributed by atoms with Gasteiger partial charge in [-0.25, -0.2) is 0 Å². The van der Waals surface area contributed by atoms with Gasteiger partial charge in [-0.1, -0.05) is 176 Å². The van der Waals surface area contributed by atoms with Gasteiger partial charge in [0, 0.05) is 17.3 Å². The Balaban J connectivity index is 1.10. The molecule has 0 amide bonds. The summed E-state index contributed by atoms with van der Waals surface area (Å²) >= 11 is 0. The van der Waals surface area contributed by atoms with Crippen LogP contribution in [0.25, 0.3) is 98.7 Å². The van der Waals surface area contributed by atoms with Crippen LogP contribution in [0.15, 0.2) is 219 Å². The number of hydrogen-bond acceptors (Lipinski definition) is 2. The third-order valence-corrected chi connectivity index (χ3v) is 12.2. The normalized spacial score (nSPS) is 11.7. The van der Waals surface area contributed by atoms with Gasteiger partial charge in [-0.15, -0.1) is 0 Å². The fourth-order valence-corrected chi connectivity index (χ4v) is 9.81. The van der Waals surface area contributed by atoms with Crippen molar-refractivity contribution in [2.24, 2.45) is 0 Å². The van der Waals surface area contributed by atoms with Crippen LogP contribution < -0.4 is 4.90 Å². The average molecular weight is 749 g/mol. The standard InChI is InChI=1S/C57H36N2/c1-3-16-37(17-4-1)53-48-27-11-12-28-49(48)54(38-18-5-2-6-19-38)57-51-32-31-44(47-29-14-30-50(55(47)51)56(53)57)39-21-13-22-41(34-39)59(42-23-15-33-58-36-42)52-35-40-20-7-8-24-43(40)45-25-9-10-26-46(45)52/h1-36H. The molecule has 0 bridgehead atoms. The van der Waals surface area contributed by atoms with Crippen molar-refractivity contribution >= 4 is 60.2 Å². The zero-order valence-corrected chi connectivity index (χ0v) is 32.2. The number of nitrogens with zero attached hydrogens (tertiary/aromatic N) is 2. The molecular formula is C57H36N2. The molecule has 274 valence electrons. The first kappa shape index (κ1) is 33.3. The minimum Gasteiger partial charge on any atom is -0.308 e. The molecule has 0 atom stereocenters. The minimum absolute atomic E-state index is 1.01. The van der Waals surface area contributed by atoms with E-state index < -0.39 is 0 Å². The van der Waals surface area contributed by atoms with Crippen LogP contribution in [0.2, 0.25) is 0 Å². The summed E-state index contributed by atoms with van der Waals surface area (Å²) in [6.07, 6.45) is 3.81.